The number of carbonyl (C=O) groups excluding carboxylic acids is 1. The first-order chi connectivity index (χ1) is 7.95. The first-order valence-corrected chi connectivity index (χ1v) is 6.29. The summed E-state index contributed by atoms with van der Waals surface area (Å²) in [6.45, 7) is 8.47. The van der Waals surface area contributed by atoms with E-state index in [0.29, 0.717) is 6.42 Å². The number of amides is 1. The minimum absolute atomic E-state index is 0.0186. The van der Waals surface area contributed by atoms with Crippen LogP contribution in [0.3, 0.4) is 0 Å². The van der Waals surface area contributed by atoms with Crippen molar-refractivity contribution in [3.05, 3.63) is 35.9 Å². The monoisotopic (exact) mass is 233 g/mol. The fourth-order valence-corrected chi connectivity index (χ4v) is 1.91. The predicted molar refractivity (Wildman–Crippen MR) is 71.7 cm³/mol. The topological polar surface area (TPSA) is 29.1 Å². The van der Waals surface area contributed by atoms with Gasteiger partial charge in [0.1, 0.15) is 0 Å². The molecule has 1 amide bonds. The third kappa shape index (κ3) is 4.22. The lowest BCUT2D eigenvalue weighted by molar-refractivity contribution is -0.122. The van der Waals surface area contributed by atoms with Crippen molar-refractivity contribution in [1.82, 2.24) is 5.32 Å². The van der Waals surface area contributed by atoms with Crippen molar-refractivity contribution in [3.8, 4) is 0 Å². The van der Waals surface area contributed by atoms with Gasteiger partial charge in [0.15, 0.2) is 0 Å². The molecule has 1 N–H and O–H groups in total. The second kappa shape index (κ2) is 5.85. The Morgan fingerprint density at radius 3 is 2.29 bits per heavy atom. The molecular weight excluding hydrogens is 210 g/mol. The molecule has 0 saturated carbocycles. The highest BCUT2D eigenvalue weighted by molar-refractivity contribution is 5.76. The molecule has 0 aromatic heterocycles. The summed E-state index contributed by atoms with van der Waals surface area (Å²) in [5.41, 5.74) is 1.19. The number of carbonyl (C=O) groups is 1. The molecule has 1 aromatic rings. The van der Waals surface area contributed by atoms with Crippen molar-refractivity contribution in [2.45, 2.75) is 46.6 Å². The molecule has 2 nitrogen and oxygen atoms in total. The van der Waals surface area contributed by atoms with E-state index in [4.69, 9.17) is 0 Å². The van der Waals surface area contributed by atoms with Crippen LogP contribution >= 0.6 is 0 Å². The second-order valence-electron chi connectivity index (χ2n) is 5.53. The van der Waals surface area contributed by atoms with Crippen LogP contribution in [0.5, 0.6) is 0 Å². The van der Waals surface area contributed by atoms with Gasteiger partial charge in [-0.1, -0.05) is 58.0 Å². The Kier molecular flexibility index (Phi) is 4.73. The molecule has 1 rings (SSSR count). The van der Waals surface area contributed by atoms with Gasteiger partial charge in [-0.2, -0.15) is 0 Å². The van der Waals surface area contributed by atoms with Crippen LogP contribution < -0.4 is 5.32 Å². The zero-order valence-electron chi connectivity index (χ0n) is 11.3. The van der Waals surface area contributed by atoms with Crippen LogP contribution in [-0.4, -0.2) is 5.91 Å². The summed E-state index contributed by atoms with van der Waals surface area (Å²) in [6, 6.07) is 10.2. The van der Waals surface area contributed by atoms with Crippen LogP contribution in [0.15, 0.2) is 30.3 Å². The first-order valence-electron chi connectivity index (χ1n) is 6.29. The summed E-state index contributed by atoms with van der Waals surface area (Å²) in [5.74, 6) is 0.135. The molecule has 0 saturated heterocycles. The van der Waals surface area contributed by atoms with Gasteiger partial charge in [0, 0.05) is 6.42 Å². The summed E-state index contributed by atoms with van der Waals surface area (Å²) in [7, 11) is 0. The van der Waals surface area contributed by atoms with Crippen molar-refractivity contribution in [2.24, 2.45) is 5.41 Å². The quantitative estimate of drug-likeness (QED) is 0.844. The molecule has 0 aliphatic heterocycles. The summed E-state index contributed by atoms with van der Waals surface area (Å²) in [6.07, 6.45) is 1.48. The normalized spacial score (nSPS) is 13.2. The van der Waals surface area contributed by atoms with E-state index in [1.54, 1.807) is 0 Å². The highest BCUT2D eigenvalue weighted by Crippen LogP contribution is 2.32. The molecule has 2 heteroatoms. The van der Waals surface area contributed by atoms with Crippen molar-refractivity contribution >= 4 is 5.91 Å². The number of hydrogen-bond acceptors (Lipinski definition) is 1. The zero-order chi connectivity index (χ0) is 12.9. The molecule has 0 radical (unpaired) electrons. The Bertz CT molecular complexity index is 351. The van der Waals surface area contributed by atoms with Crippen molar-refractivity contribution in [2.75, 3.05) is 0 Å². The second-order valence-corrected chi connectivity index (χ2v) is 5.53. The molecule has 0 aliphatic carbocycles. The average molecular weight is 233 g/mol. The number of nitrogens with one attached hydrogen (secondary N) is 1. The molecule has 0 bridgehead atoms. The molecule has 0 fully saturated rings. The Morgan fingerprint density at radius 1 is 1.24 bits per heavy atom. The van der Waals surface area contributed by atoms with Gasteiger partial charge in [0.2, 0.25) is 5.91 Å². The van der Waals surface area contributed by atoms with Crippen LogP contribution in [0.2, 0.25) is 0 Å². The fraction of sp³-hybridized carbons (Fsp3) is 0.533. The van der Waals surface area contributed by atoms with Crippen molar-refractivity contribution in [1.29, 1.82) is 0 Å². The van der Waals surface area contributed by atoms with Crippen LogP contribution in [0.25, 0.3) is 0 Å². The Hall–Kier alpha value is -1.31. The van der Waals surface area contributed by atoms with E-state index in [9.17, 15) is 4.79 Å². The van der Waals surface area contributed by atoms with Gasteiger partial charge in [-0.3, -0.25) is 4.79 Å². The minimum atomic E-state index is 0.0186. The van der Waals surface area contributed by atoms with Crippen LogP contribution in [0.4, 0.5) is 0 Å². The van der Waals surface area contributed by atoms with Crippen LogP contribution in [0.1, 0.15) is 52.1 Å². The third-order valence-electron chi connectivity index (χ3n) is 2.78. The smallest absolute Gasteiger partial charge is 0.220 e. The standard InChI is InChI=1S/C15H23NO/c1-5-9-13(17)16-14(15(2,3)4)12-10-7-6-8-11-12/h6-8,10-11,14H,5,9H2,1-4H3,(H,16,17). The molecule has 0 heterocycles. The Morgan fingerprint density at radius 2 is 1.82 bits per heavy atom. The van der Waals surface area contributed by atoms with Crippen molar-refractivity contribution in [3.63, 3.8) is 0 Å². The molecule has 17 heavy (non-hydrogen) atoms. The Balaban J connectivity index is 2.87. The lowest BCUT2D eigenvalue weighted by atomic mass is 9.82. The molecular formula is C15H23NO. The molecule has 0 spiro atoms. The SMILES string of the molecule is CCCC(=O)NC(c1ccccc1)C(C)(C)C. The van der Waals surface area contributed by atoms with E-state index in [2.05, 4.69) is 38.2 Å². The first kappa shape index (κ1) is 13.8. The largest absolute Gasteiger partial charge is 0.349 e. The van der Waals surface area contributed by atoms with Crippen LogP contribution in [0, 0.1) is 5.41 Å². The maximum absolute atomic E-state index is 11.8. The molecule has 1 atom stereocenters. The predicted octanol–water partition coefficient (Wildman–Crippen LogP) is 3.69. The van der Waals surface area contributed by atoms with Gasteiger partial charge in [-0.25, -0.2) is 0 Å². The Labute approximate surface area is 104 Å². The van der Waals surface area contributed by atoms with Crippen LogP contribution in [-0.2, 0) is 4.79 Å². The number of rotatable bonds is 4. The van der Waals surface area contributed by atoms with E-state index >= 15 is 0 Å². The highest BCUT2D eigenvalue weighted by atomic mass is 16.1. The van der Waals surface area contributed by atoms with Gasteiger partial charge in [0.05, 0.1) is 6.04 Å². The summed E-state index contributed by atoms with van der Waals surface area (Å²) in [5, 5.41) is 3.14. The average Bonchev–Trinajstić information content (AvgIpc) is 2.26. The minimum Gasteiger partial charge on any atom is -0.349 e. The maximum atomic E-state index is 11.8. The highest BCUT2D eigenvalue weighted by Gasteiger charge is 2.27. The van der Waals surface area contributed by atoms with Gasteiger partial charge in [-0.05, 0) is 17.4 Å². The van der Waals surface area contributed by atoms with E-state index in [-0.39, 0.29) is 17.4 Å². The maximum Gasteiger partial charge on any atom is 0.220 e. The summed E-state index contributed by atoms with van der Waals surface area (Å²) in [4.78, 5) is 11.8. The summed E-state index contributed by atoms with van der Waals surface area (Å²) < 4.78 is 0. The van der Waals surface area contributed by atoms with Gasteiger partial charge in [0.25, 0.3) is 0 Å². The number of benzene rings is 1. The lowest BCUT2D eigenvalue weighted by Gasteiger charge is -2.32. The molecule has 94 valence electrons. The molecule has 1 unspecified atom stereocenters. The zero-order valence-corrected chi connectivity index (χ0v) is 11.3. The number of hydrogen-bond donors (Lipinski definition) is 1. The van der Waals surface area contributed by atoms with Crippen molar-refractivity contribution < 1.29 is 4.79 Å². The van der Waals surface area contributed by atoms with E-state index in [1.165, 1.54) is 5.56 Å². The van der Waals surface area contributed by atoms with E-state index < -0.39 is 0 Å². The third-order valence-corrected chi connectivity index (χ3v) is 2.78. The molecule has 1 aromatic carbocycles. The lowest BCUT2D eigenvalue weighted by Crippen LogP contribution is -2.36. The fourth-order valence-electron chi connectivity index (χ4n) is 1.91. The molecule has 0 aliphatic rings. The van der Waals surface area contributed by atoms with E-state index in [1.807, 2.05) is 25.1 Å². The van der Waals surface area contributed by atoms with Gasteiger partial charge >= 0.3 is 0 Å². The summed E-state index contributed by atoms with van der Waals surface area (Å²) >= 11 is 0. The van der Waals surface area contributed by atoms with Gasteiger partial charge < -0.3 is 5.32 Å². The van der Waals surface area contributed by atoms with E-state index in [0.717, 1.165) is 6.42 Å². The van der Waals surface area contributed by atoms with Gasteiger partial charge in [-0.15, -0.1) is 0 Å².